The first-order valence-corrected chi connectivity index (χ1v) is 10.7. The maximum Gasteiger partial charge on any atom is 0.272 e. The minimum Gasteiger partial charge on any atom is -0.437 e. The summed E-state index contributed by atoms with van der Waals surface area (Å²) in [5, 5.41) is 7.25. The van der Waals surface area contributed by atoms with Crippen molar-refractivity contribution in [3.05, 3.63) is 64.2 Å². The molecule has 0 saturated carbocycles. The number of hydrogen-bond acceptors (Lipinski definition) is 5. The highest BCUT2D eigenvalue weighted by Gasteiger charge is 2.28. The third kappa shape index (κ3) is 4.39. The average Bonchev–Trinajstić information content (AvgIpc) is 2.82. The van der Waals surface area contributed by atoms with Crippen molar-refractivity contribution in [1.82, 2.24) is 15.1 Å². The van der Waals surface area contributed by atoms with E-state index in [4.69, 9.17) is 4.74 Å². The number of aromatic nitrogens is 2. The topological polar surface area (TPSA) is 92.4 Å². The number of carbonyl (C=O) groups excluding carboxylic acids is 2. The highest BCUT2D eigenvalue weighted by atomic mass is 19.1. The first-order valence-electron chi connectivity index (χ1n) is 10.7. The van der Waals surface area contributed by atoms with E-state index in [9.17, 15) is 18.8 Å². The fourth-order valence-corrected chi connectivity index (χ4v) is 4.04. The van der Waals surface area contributed by atoms with E-state index in [1.165, 1.54) is 18.2 Å². The van der Waals surface area contributed by atoms with Crippen LogP contribution in [-0.4, -0.2) is 39.9 Å². The molecule has 0 unspecified atom stereocenters. The molecule has 0 atom stereocenters. The highest BCUT2D eigenvalue weighted by Crippen LogP contribution is 2.28. The van der Waals surface area contributed by atoms with Crippen LogP contribution in [0.5, 0.6) is 11.6 Å². The molecule has 32 heavy (non-hydrogen) atoms. The summed E-state index contributed by atoms with van der Waals surface area (Å²) in [6.07, 6.45) is 2.56. The molecule has 2 aromatic carbocycles. The van der Waals surface area contributed by atoms with Gasteiger partial charge < -0.3 is 9.64 Å². The molecular weight excluding hydrogens is 413 g/mol. The first-order chi connectivity index (χ1) is 15.5. The predicted octanol–water partition coefficient (Wildman–Crippen LogP) is 4.08. The van der Waals surface area contributed by atoms with Crippen LogP contribution < -0.4 is 10.3 Å². The SMILES string of the molecule is CCCC(=O)C1CCN(C(=O)c2cc(Oc3n[nH]c(=O)c4ccccc34)ccc2F)CC1. The third-order valence-corrected chi connectivity index (χ3v) is 5.78. The van der Waals surface area contributed by atoms with Gasteiger partial charge in [0.1, 0.15) is 17.3 Å². The van der Waals surface area contributed by atoms with Crippen LogP contribution in [0.1, 0.15) is 43.0 Å². The lowest BCUT2D eigenvalue weighted by Crippen LogP contribution is -2.40. The van der Waals surface area contributed by atoms with Gasteiger partial charge in [-0.2, -0.15) is 0 Å². The molecule has 0 spiro atoms. The Morgan fingerprint density at radius 3 is 2.59 bits per heavy atom. The number of halogens is 1. The van der Waals surface area contributed by atoms with Gasteiger partial charge in [0.25, 0.3) is 11.5 Å². The minimum absolute atomic E-state index is 0.0295. The van der Waals surface area contributed by atoms with Crippen molar-refractivity contribution in [3.8, 4) is 11.6 Å². The number of likely N-dealkylation sites (tertiary alicyclic amines) is 1. The Balaban J connectivity index is 1.53. The molecule has 0 bridgehead atoms. The summed E-state index contributed by atoms with van der Waals surface area (Å²) in [5.41, 5.74) is -0.446. The molecule has 7 nitrogen and oxygen atoms in total. The molecule has 1 fully saturated rings. The molecule has 0 aliphatic carbocycles. The summed E-state index contributed by atoms with van der Waals surface area (Å²) >= 11 is 0. The quantitative estimate of drug-likeness (QED) is 0.627. The monoisotopic (exact) mass is 437 g/mol. The number of piperidine rings is 1. The number of benzene rings is 2. The number of amides is 1. The van der Waals surface area contributed by atoms with E-state index < -0.39 is 11.7 Å². The van der Waals surface area contributed by atoms with Gasteiger partial charge in [-0.15, -0.1) is 5.10 Å². The van der Waals surface area contributed by atoms with Gasteiger partial charge >= 0.3 is 0 Å². The van der Waals surface area contributed by atoms with Gasteiger partial charge in [0, 0.05) is 25.4 Å². The van der Waals surface area contributed by atoms with E-state index in [2.05, 4.69) is 10.2 Å². The molecule has 0 radical (unpaired) electrons. The van der Waals surface area contributed by atoms with E-state index in [1.54, 1.807) is 29.2 Å². The summed E-state index contributed by atoms with van der Waals surface area (Å²) in [5.74, 6) is -0.493. The van der Waals surface area contributed by atoms with Crippen LogP contribution in [0.3, 0.4) is 0 Å². The molecule has 1 amide bonds. The van der Waals surface area contributed by atoms with Crippen molar-refractivity contribution < 1.29 is 18.7 Å². The lowest BCUT2D eigenvalue weighted by Gasteiger charge is -2.31. The number of H-pyrrole nitrogens is 1. The van der Waals surface area contributed by atoms with Gasteiger partial charge in [-0.3, -0.25) is 14.4 Å². The third-order valence-electron chi connectivity index (χ3n) is 5.78. The van der Waals surface area contributed by atoms with E-state index in [-0.39, 0.29) is 34.5 Å². The molecule has 3 aromatic rings. The van der Waals surface area contributed by atoms with E-state index >= 15 is 0 Å². The first kappa shape index (κ1) is 21.7. The second-order valence-corrected chi connectivity index (χ2v) is 7.93. The zero-order valence-electron chi connectivity index (χ0n) is 17.8. The lowest BCUT2D eigenvalue weighted by molar-refractivity contribution is -0.124. The van der Waals surface area contributed by atoms with Gasteiger partial charge in [0.05, 0.1) is 16.3 Å². The van der Waals surface area contributed by atoms with Gasteiger partial charge in [0.15, 0.2) is 0 Å². The number of ketones is 1. The molecule has 8 heteroatoms. The number of aromatic amines is 1. The molecule has 4 rings (SSSR count). The van der Waals surface area contributed by atoms with Crippen molar-refractivity contribution >= 4 is 22.5 Å². The average molecular weight is 437 g/mol. The molecule has 1 aromatic heterocycles. The Bertz CT molecular complexity index is 1220. The Hall–Kier alpha value is -3.55. The zero-order valence-corrected chi connectivity index (χ0v) is 17.8. The van der Waals surface area contributed by atoms with Crippen LogP contribution >= 0.6 is 0 Å². The van der Waals surface area contributed by atoms with Crippen molar-refractivity contribution in [1.29, 1.82) is 0 Å². The van der Waals surface area contributed by atoms with Crippen molar-refractivity contribution in [2.24, 2.45) is 5.92 Å². The second kappa shape index (κ2) is 9.30. The van der Waals surface area contributed by atoms with E-state index in [1.807, 2.05) is 6.92 Å². The van der Waals surface area contributed by atoms with Crippen molar-refractivity contribution in [3.63, 3.8) is 0 Å². The predicted molar refractivity (Wildman–Crippen MR) is 117 cm³/mol. The van der Waals surface area contributed by atoms with Gasteiger partial charge in [-0.1, -0.05) is 19.1 Å². The van der Waals surface area contributed by atoms with Crippen LogP contribution in [0.2, 0.25) is 0 Å². The van der Waals surface area contributed by atoms with Gasteiger partial charge in [-0.25, -0.2) is 9.49 Å². The zero-order chi connectivity index (χ0) is 22.7. The van der Waals surface area contributed by atoms with Crippen LogP contribution in [0.4, 0.5) is 4.39 Å². The second-order valence-electron chi connectivity index (χ2n) is 7.93. The standard InChI is InChI=1S/C24H24FN3O4/c1-2-5-21(29)15-10-12-28(13-11-15)24(31)19-14-16(8-9-20(19)25)32-23-18-7-4-3-6-17(18)22(30)26-27-23/h3-4,6-9,14-15H,2,5,10-13H2,1H3,(H,26,30). The van der Waals surface area contributed by atoms with E-state index in [0.717, 1.165) is 6.42 Å². The van der Waals surface area contributed by atoms with Crippen LogP contribution in [-0.2, 0) is 4.79 Å². The fraction of sp³-hybridized carbons (Fsp3) is 0.333. The number of nitrogens with zero attached hydrogens (tertiary/aromatic N) is 2. The summed E-state index contributed by atoms with van der Waals surface area (Å²) in [4.78, 5) is 38.6. The van der Waals surface area contributed by atoms with Crippen LogP contribution in [0, 0.1) is 11.7 Å². The summed E-state index contributed by atoms with van der Waals surface area (Å²) < 4.78 is 20.3. The smallest absolute Gasteiger partial charge is 0.272 e. The van der Waals surface area contributed by atoms with Crippen molar-refractivity contribution in [2.75, 3.05) is 13.1 Å². The maximum absolute atomic E-state index is 14.5. The Labute approximate surface area is 184 Å². The number of hydrogen-bond donors (Lipinski definition) is 1. The van der Waals surface area contributed by atoms with E-state index in [0.29, 0.717) is 43.1 Å². The van der Waals surface area contributed by atoms with Gasteiger partial charge in [-0.05, 0) is 49.6 Å². The molecule has 1 aliphatic rings. The molecular formula is C24H24FN3O4. The summed E-state index contributed by atoms with van der Waals surface area (Å²) in [6, 6.07) is 10.8. The number of carbonyl (C=O) groups is 2. The van der Waals surface area contributed by atoms with Crippen LogP contribution in [0.15, 0.2) is 47.3 Å². The highest BCUT2D eigenvalue weighted by molar-refractivity contribution is 5.95. The number of Topliss-reactive ketones (excluding diaryl/α,β-unsaturated/α-hetero) is 1. The fourth-order valence-electron chi connectivity index (χ4n) is 4.04. The Kier molecular flexibility index (Phi) is 6.30. The van der Waals surface area contributed by atoms with Crippen molar-refractivity contribution in [2.45, 2.75) is 32.6 Å². The molecule has 1 N–H and O–H groups in total. The number of ether oxygens (including phenoxy) is 1. The molecule has 2 heterocycles. The lowest BCUT2D eigenvalue weighted by atomic mass is 9.90. The summed E-state index contributed by atoms with van der Waals surface area (Å²) in [6.45, 7) is 2.80. The Morgan fingerprint density at radius 2 is 1.88 bits per heavy atom. The number of nitrogens with one attached hydrogen (secondary N) is 1. The molecule has 1 saturated heterocycles. The Morgan fingerprint density at radius 1 is 1.16 bits per heavy atom. The number of fused-ring (bicyclic) bond motifs is 1. The molecule has 166 valence electrons. The maximum atomic E-state index is 14.5. The van der Waals surface area contributed by atoms with Gasteiger partial charge in [0.2, 0.25) is 5.88 Å². The largest absolute Gasteiger partial charge is 0.437 e. The normalized spacial score (nSPS) is 14.5. The molecule has 1 aliphatic heterocycles. The van der Waals surface area contributed by atoms with Crippen LogP contribution in [0.25, 0.3) is 10.8 Å². The number of rotatable bonds is 6. The minimum atomic E-state index is -0.647. The summed E-state index contributed by atoms with van der Waals surface area (Å²) in [7, 11) is 0.